The second-order valence-electron chi connectivity index (χ2n) is 3.47. The van der Waals surface area contributed by atoms with E-state index in [1.807, 2.05) is 0 Å². The van der Waals surface area contributed by atoms with Crippen LogP contribution in [0.25, 0.3) is 0 Å². The molecule has 0 amide bonds. The van der Waals surface area contributed by atoms with Crippen LogP contribution >= 0.6 is 48.5 Å². The molecule has 92 valence electrons. The Balaban J connectivity index is 2.35. The molecule has 0 saturated heterocycles. The van der Waals surface area contributed by atoms with Crippen LogP contribution in [0.15, 0.2) is 56.4 Å². The minimum absolute atomic E-state index is 0.582. The maximum Gasteiger partial charge on any atom is 0.100 e. The third kappa shape index (κ3) is 3.42. The fourth-order valence-corrected chi connectivity index (χ4v) is 1.96. The van der Waals surface area contributed by atoms with Gasteiger partial charge in [0.05, 0.1) is 0 Å². The summed E-state index contributed by atoms with van der Waals surface area (Å²) in [7, 11) is 0. The van der Waals surface area contributed by atoms with Crippen molar-refractivity contribution in [1.29, 1.82) is 0 Å². The van der Waals surface area contributed by atoms with E-state index in [1.54, 1.807) is 36.4 Å². The van der Waals surface area contributed by atoms with Crippen molar-refractivity contribution in [3.8, 4) is 0 Å². The van der Waals surface area contributed by atoms with Crippen LogP contribution in [0, 0.1) is 0 Å². The van der Waals surface area contributed by atoms with Crippen molar-refractivity contribution in [2.45, 2.75) is 9.79 Å². The summed E-state index contributed by atoms with van der Waals surface area (Å²) in [6, 6.07) is 10.4. The fraction of sp³-hybridized carbons (Fsp3) is 0. The molecule has 18 heavy (non-hydrogen) atoms. The van der Waals surface area contributed by atoms with E-state index in [2.05, 4.69) is 35.5 Å². The van der Waals surface area contributed by atoms with Gasteiger partial charge in [0.1, 0.15) is 11.4 Å². The molecule has 0 atom stereocenters. The van der Waals surface area contributed by atoms with E-state index >= 15 is 0 Å². The van der Waals surface area contributed by atoms with Gasteiger partial charge in [0.2, 0.25) is 0 Å². The lowest BCUT2D eigenvalue weighted by atomic mass is 10.3. The second kappa shape index (κ2) is 5.97. The standard InChI is InChI=1S/C12H8Cl2N2S2/c13-7-1-3-11(17)9(5-7)15-16-10-6-8(14)2-4-12(10)18/h1-6,17-18H. The third-order valence-corrected chi connectivity index (χ3v) is 3.37. The lowest BCUT2D eigenvalue weighted by Crippen LogP contribution is -1.72. The van der Waals surface area contributed by atoms with Gasteiger partial charge in [-0.15, -0.1) is 35.5 Å². The summed E-state index contributed by atoms with van der Waals surface area (Å²) in [6.07, 6.45) is 0. The number of thiol groups is 2. The Morgan fingerprint density at radius 2 is 1.11 bits per heavy atom. The molecule has 6 heteroatoms. The number of hydrogen-bond acceptors (Lipinski definition) is 4. The van der Waals surface area contributed by atoms with Gasteiger partial charge in [0.25, 0.3) is 0 Å². The molecule has 0 radical (unpaired) electrons. The quantitative estimate of drug-likeness (QED) is 0.503. The Hall–Kier alpha value is -0.680. The molecular weight excluding hydrogens is 307 g/mol. The molecule has 0 bridgehead atoms. The molecule has 0 aliphatic carbocycles. The van der Waals surface area contributed by atoms with Crippen molar-refractivity contribution < 1.29 is 0 Å². The van der Waals surface area contributed by atoms with Crippen LogP contribution in [0.5, 0.6) is 0 Å². The number of halogens is 2. The highest BCUT2D eigenvalue weighted by Crippen LogP contribution is 2.31. The van der Waals surface area contributed by atoms with Gasteiger partial charge in [-0.1, -0.05) is 23.2 Å². The minimum atomic E-state index is 0.582. The normalized spacial score (nSPS) is 11.1. The molecule has 2 aromatic rings. The monoisotopic (exact) mass is 314 g/mol. The van der Waals surface area contributed by atoms with Gasteiger partial charge < -0.3 is 0 Å². The van der Waals surface area contributed by atoms with Gasteiger partial charge in [0, 0.05) is 19.8 Å². The zero-order valence-corrected chi connectivity index (χ0v) is 12.3. The predicted octanol–water partition coefficient (Wildman–Crippen LogP) is 5.99. The Labute approximate surface area is 126 Å². The topological polar surface area (TPSA) is 24.7 Å². The summed E-state index contributed by atoms with van der Waals surface area (Å²) >= 11 is 20.3. The van der Waals surface area contributed by atoms with E-state index in [9.17, 15) is 0 Å². The van der Waals surface area contributed by atoms with Crippen molar-refractivity contribution in [1.82, 2.24) is 0 Å². The molecule has 2 aromatic carbocycles. The van der Waals surface area contributed by atoms with E-state index < -0.39 is 0 Å². The molecular formula is C12H8Cl2N2S2. The number of azo groups is 1. The van der Waals surface area contributed by atoms with Gasteiger partial charge >= 0.3 is 0 Å². The van der Waals surface area contributed by atoms with Crippen LogP contribution in [-0.4, -0.2) is 0 Å². The highest BCUT2D eigenvalue weighted by Gasteiger charge is 2.01. The summed E-state index contributed by atoms with van der Waals surface area (Å²) in [6.45, 7) is 0. The summed E-state index contributed by atoms with van der Waals surface area (Å²) in [5, 5.41) is 9.36. The van der Waals surface area contributed by atoms with Crippen LogP contribution in [0.3, 0.4) is 0 Å². The van der Waals surface area contributed by atoms with Crippen LogP contribution in [-0.2, 0) is 0 Å². The molecule has 0 saturated carbocycles. The van der Waals surface area contributed by atoms with Crippen LogP contribution in [0.2, 0.25) is 10.0 Å². The largest absolute Gasteiger partial charge is 0.149 e. The zero-order chi connectivity index (χ0) is 13.1. The number of rotatable bonds is 2. The molecule has 0 spiro atoms. The second-order valence-corrected chi connectivity index (χ2v) is 5.30. The van der Waals surface area contributed by atoms with Crippen molar-refractivity contribution in [3.05, 3.63) is 46.4 Å². The predicted molar refractivity (Wildman–Crippen MR) is 81.6 cm³/mol. The first-order valence-corrected chi connectivity index (χ1v) is 6.60. The van der Waals surface area contributed by atoms with Crippen LogP contribution < -0.4 is 0 Å². The number of nitrogens with zero attached hydrogens (tertiary/aromatic N) is 2. The molecule has 0 aliphatic rings. The van der Waals surface area contributed by atoms with Gasteiger partial charge in [-0.2, -0.15) is 0 Å². The first-order valence-electron chi connectivity index (χ1n) is 4.95. The molecule has 2 rings (SSSR count). The summed E-state index contributed by atoms with van der Waals surface area (Å²) in [5.41, 5.74) is 1.19. The SMILES string of the molecule is Sc1ccc(Cl)cc1N=Nc1cc(Cl)ccc1S. The van der Waals surface area contributed by atoms with Gasteiger partial charge in [0.15, 0.2) is 0 Å². The zero-order valence-electron chi connectivity index (χ0n) is 9.01. The first-order chi connectivity index (χ1) is 8.56. The lowest BCUT2D eigenvalue weighted by molar-refractivity contribution is 1.17. The van der Waals surface area contributed by atoms with Crippen molar-refractivity contribution in [3.63, 3.8) is 0 Å². The maximum atomic E-state index is 5.88. The molecule has 0 unspecified atom stereocenters. The minimum Gasteiger partial charge on any atom is -0.149 e. The first kappa shape index (κ1) is 13.7. The fourth-order valence-electron chi connectivity index (χ4n) is 1.26. The lowest BCUT2D eigenvalue weighted by Gasteiger charge is -2.00. The smallest absolute Gasteiger partial charge is 0.100 e. The van der Waals surface area contributed by atoms with E-state index in [1.165, 1.54) is 0 Å². The molecule has 2 nitrogen and oxygen atoms in total. The summed E-state index contributed by atoms with van der Waals surface area (Å²) < 4.78 is 0. The molecule has 0 aliphatic heterocycles. The van der Waals surface area contributed by atoms with Crippen LogP contribution in [0.4, 0.5) is 11.4 Å². The van der Waals surface area contributed by atoms with Gasteiger partial charge in [-0.25, -0.2) is 0 Å². The highest BCUT2D eigenvalue weighted by atomic mass is 35.5. The average Bonchev–Trinajstić information content (AvgIpc) is 2.34. The Bertz CT molecular complexity index is 562. The van der Waals surface area contributed by atoms with Crippen molar-refractivity contribution in [2.75, 3.05) is 0 Å². The van der Waals surface area contributed by atoms with E-state index in [0.717, 1.165) is 0 Å². The third-order valence-electron chi connectivity index (χ3n) is 2.14. The van der Waals surface area contributed by atoms with Gasteiger partial charge in [-0.3, -0.25) is 0 Å². The molecule has 0 N–H and O–H groups in total. The summed E-state index contributed by atoms with van der Waals surface area (Å²) in [5.74, 6) is 0. The molecule has 0 fully saturated rings. The van der Waals surface area contributed by atoms with E-state index in [0.29, 0.717) is 31.2 Å². The van der Waals surface area contributed by atoms with Crippen molar-refractivity contribution >= 4 is 59.8 Å². The van der Waals surface area contributed by atoms with E-state index in [4.69, 9.17) is 23.2 Å². The van der Waals surface area contributed by atoms with Crippen LogP contribution in [0.1, 0.15) is 0 Å². The van der Waals surface area contributed by atoms with E-state index in [-0.39, 0.29) is 0 Å². The Morgan fingerprint density at radius 1 is 0.722 bits per heavy atom. The number of benzene rings is 2. The van der Waals surface area contributed by atoms with Crippen molar-refractivity contribution in [2.24, 2.45) is 10.2 Å². The highest BCUT2D eigenvalue weighted by molar-refractivity contribution is 7.80. The Morgan fingerprint density at radius 3 is 1.50 bits per heavy atom. The number of hydrogen-bond donors (Lipinski definition) is 2. The maximum absolute atomic E-state index is 5.88. The molecule has 0 aromatic heterocycles. The van der Waals surface area contributed by atoms with Gasteiger partial charge in [-0.05, 0) is 36.4 Å². The molecule has 0 heterocycles. The average molecular weight is 315 g/mol. The Kier molecular flexibility index (Phi) is 4.56. The summed E-state index contributed by atoms with van der Waals surface area (Å²) in [4.78, 5) is 1.40.